The molecule has 2 fully saturated rings. The molecular formula is C19H28ClFN4O2. The highest BCUT2D eigenvalue weighted by atomic mass is 35.5. The number of benzene rings is 1. The van der Waals surface area contributed by atoms with Crippen LogP contribution < -0.4 is 5.73 Å². The Morgan fingerprint density at radius 3 is 2.63 bits per heavy atom. The number of hydrogen-bond acceptors (Lipinski definition) is 4. The van der Waals surface area contributed by atoms with Crippen LogP contribution in [0.5, 0.6) is 0 Å². The van der Waals surface area contributed by atoms with Gasteiger partial charge in [-0.2, -0.15) is 0 Å². The molecule has 150 valence electrons. The standard InChI is InChI=1S/C19H28ClFN4O2/c1-13-11-24(6-8-26-13)17(18-15(20)4-3-5-16(18)21)10-23-19(22)25-7-9-27-14(2)12-25/h3-5,13-14,17H,6-12H2,1-2H3,(H2,22,23). The maximum absolute atomic E-state index is 14.6. The summed E-state index contributed by atoms with van der Waals surface area (Å²) in [4.78, 5) is 8.79. The van der Waals surface area contributed by atoms with Gasteiger partial charge in [0.2, 0.25) is 0 Å². The first-order chi connectivity index (χ1) is 13.0. The number of morpholine rings is 2. The Labute approximate surface area is 165 Å². The zero-order chi connectivity index (χ0) is 19.4. The first-order valence-electron chi connectivity index (χ1n) is 9.41. The van der Waals surface area contributed by atoms with Crippen molar-refractivity contribution >= 4 is 17.6 Å². The normalized spacial score (nSPS) is 26.2. The van der Waals surface area contributed by atoms with Crippen LogP contribution in [0.25, 0.3) is 0 Å². The number of halogens is 2. The summed E-state index contributed by atoms with van der Waals surface area (Å²) in [6.45, 7) is 8.39. The van der Waals surface area contributed by atoms with Gasteiger partial charge in [0.05, 0.1) is 38.0 Å². The lowest BCUT2D eigenvalue weighted by atomic mass is 10.0. The summed E-state index contributed by atoms with van der Waals surface area (Å²) >= 11 is 6.36. The van der Waals surface area contributed by atoms with E-state index >= 15 is 0 Å². The highest BCUT2D eigenvalue weighted by Crippen LogP contribution is 2.31. The molecule has 0 saturated carbocycles. The summed E-state index contributed by atoms with van der Waals surface area (Å²) in [5, 5.41) is 0.410. The second kappa shape index (κ2) is 9.19. The minimum atomic E-state index is -0.319. The predicted molar refractivity (Wildman–Crippen MR) is 105 cm³/mol. The first kappa shape index (κ1) is 20.3. The largest absolute Gasteiger partial charge is 0.376 e. The molecule has 1 aromatic rings. The van der Waals surface area contributed by atoms with Gasteiger partial charge in [0.1, 0.15) is 5.82 Å². The van der Waals surface area contributed by atoms with E-state index in [2.05, 4.69) is 9.89 Å². The van der Waals surface area contributed by atoms with Gasteiger partial charge in [-0.25, -0.2) is 4.39 Å². The van der Waals surface area contributed by atoms with Crippen molar-refractivity contribution in [1.82, 2.24) is 9.80 Å². The Hall–Kier alpha value is -1.41. The van der Waals surface area contributed by atoms with E-state index in [4.69, 9.17) is 26.8 Å². The maximum atomic E-state index is 14.6. The predicted octanol–water partition coefficient (Wildman–Crippen LogP) is 2.28. The highest BCUT2D eigenvalue weighted by Gasteiger charge is 2.29. The molecule has 6 nitrogen and oxygen atoms in total. The summed E-state index contributed by atoms with van der Waals surface area (Å²) in [6.07, 6.45) is 0.192. The lowest BCUT2D eigenvalue weighted by molar-refractivity contribution is -0.0337. The van der Waals surface area contributed by atoms with Crippen molar-refractivity contribution in [1.29, 1.82) is 0 Å². The first-order valence-corrected chi connectivity index (χ1v) is 9.79. The Bertz CT molecular complexity index is 655. The highest BCUT2D eigenvalue weighted by molar-refractivity contribution is 6.31. The molecule has 27 heavy (non-hydrogen) atoms. The van der Waals surface area contributed by atoms with Crippen LogP contribution in [0.3, 0.4) is 0 Å². The van der Waals surface area contributed by atoms with Crippen molar-refractivity contribution in [3.8, 4) is 0 Å². The molecule has 2 aliphatic rings. The van der Waals surface area contributed by atoms with E-state index in [0.29, 0.717) is 62.5 Å². The zero-order valence-corrected chi connectivity index (χ0v) is 16.7. The molecule has 0 aliphatic carbocycles. The van der Waals surface area contributed by atoms with Crippen molar-refractivity contribution in [3.05, 3.63) is 34.6 Å². The molecule has 2 N–H and O–H groups in total. The maximum Gasteiger partial charge on any atom is 0.191 e. The monoisotopic (exact) mass is 398 g/mol. The van der Waals surface area contributed by atoms with Crippen molar-refractivity contribution in [2.24, 2.45) is 10.7 Å². The van der Waals surface area contributed by atoms with Crippen molar-refractivity contribution in [2.75, 3.05) is 45.9 Å². The molecule has 1 aromatic carbocycles. The van der Waals surface area contributed by atoms with Gasteiger partial charge < -0.3 is 20.1 Å². The van der Waals surface area contributed by atoms with Crippen LogP contribution in [-0.4, -0.2) is 73.9 Å². The van der Waals surface area contributed by atoms with Gasteiger partial charge in [-0.1, -0.05) is 17.7 Å². The number of rotatable bonds is 4. The molecule has 8 heteroatoms. The van der Waals surface area contributed by atoms with E-state index in [1.165, 1.54) is 6.07 Å². The zero-order valence-electron chi connectivity index (χ0n) is 15.9. The van der Waals surface area contributed by atoms with E-state index < -0.39 is 0 Å². The van der Waals surface area contributed by atoms with Crippen LogP contribution in [0.2, 0.25) is 5.02 Å². The third kappa shape index (κ3) is 5.10. The lowest BCUT2D eigenvalue weighted by Crippen LogP contribution is -2.48. The van der Waals surface area contributed by atoms with Gasteiger partial charge in [0, 0.05) is 36.8 Å². The van der Waals surface area contributed by atoms with Gasteiger partial charge in [-0.15, -0.1) is 0 Å². The number of hydrogen-bond donors (Lipinski definition) is 1. The quantitative estimate of drug-likeness (QED) is 0.622. The Morgan fingerprint density at radius 2 is 1.96 bits per heavy atom. The van der Waals surface area contributed by atoms with Crippen LogP contribution in [0, 0.1) is 5.82 Å². The third-order valence-electron chi connectivity index (χ3n) is 5.04. The van der Waals surface area contributed by atoms with Gasteiger partial charge in [-0.05, 0) is 26.0 Å². The number of aliphatic imine (C=N–C) groups is 1. The van der Waals surface area contributed by atoms with Crippen LogP contribution in [0.15, 0.2) is 23.2 Å². The summed E-state index contributed by atoms with van der Waals surface area (Å²) in [7, 11) is 0. The SMILES string of the molecule is CC1CN(C(N)=NCC(c2c(F)cccc2Cl)N2CCOC(C)C2)CCO1. The van der Waals surface area contributed by atoms with Gasteiger partial charge in [0.15, 0.2) is 5.96 Å². The minimum absolute atomic E-state index is 0.0771. The van der Waals surface area contributed by atoms with Gasteiger partial charge >= 0.3 is 0 Å². The molecule has 2 aliphatic heterocycles. The lowest BCUT2D eigenvalue weighted by Gasteiger charge is -2.37. The third-order valence-corrected chi connectivity index (χ3v) is 5.37. The topological polar surface area (TPSA) is 63.3 Å². The van der Waals surface area contributed by atoms with E-state index in [1.807, 2.05) is 18.7 Å². The van der Waals surface area contributed by atoms with Crippen LogP contribution in [0.4, 0.5) is 4.39 Å². The fraction of sp³-hybridized carbons (Fsp3) is 0.632. The number of nitrogens with two attached hydrogens (primary N) is 1. The smallest absolute Gasteiger partial charge is 0.191 e. The number of ether oxygens (including phenoxy) is 2. The average molecular weight is 399 g/mol. The molecule has 0 aromatic heterocycles. The van der Waals surface area contributed by atoms with Crippen molar-refractivity contribution < 1.29 is 13.9 Å². The van der Waals surface area contributed by atoms with E-state index in [0.717, 1.165) is 0 Å². The second-order valence-corrected chi connectivity index (χ2v) is 7.56. The molecular weight excluding hydrogens is 371 g/mol. The van der Waals surface area contributed by atoms with E-state index in [1.54, 1.807) is 12.1 Å². The molecule has 2 saturated heterocycles. The molecule has 2 heterocycles. The molecule has 0 radical (unpaired) electrons. The minimum Gasteiger partial charge on any atom is -0.376 e. The van der Waals surface area contributed by atoms with Crippen LogP contribution in [-0.2, 0) is 9.47 Å². The Kier molecular flexibility index (Phi) is 6.92. The Balaban J connectivity index is 1.82. The molecule has 0 amide bonds. The molecule has 0 bridgehead atoms. The van der Waals surface area contributed by atoms with Gasteiger partial charge in [-0.3, -0.25) is 9.89 Å². The van der Waals surface area contributed by atoms with Crippen LogP contribution >= 0.6 is 11.6 Å². The Morgan fingerprint density at radius 1 is 1.26 bits per heavy atom. The summed E-state index contributed by atoms with van der Waals surface area (Å²) in [5.74, 6) is 0.143. The fourth-order valence-electron chi connectivity index (χ4n) is 3.65. The summed E-state index contributed by atoms with van der Waals surface area (Å²) in [5.41, 5.74) is 6.69. The van der Waals surface area contributed by atoms with Crippen molar-refractivity contribution in [3.63, 3.8) is 0 Å². The summed E-state index contributed by atoms with van der Waals surface area (Å²) in [6, 6.07) is 4.48. The molecule has 3 rings (SSSR count). The fourth-order valence-corrected chi connectivity index (χ4v) is 3.94. The van der Waals surface area contributed by atoms with E-state index in [9.17, 15) is 4.39 Å². The summed E-state index contributed by atoms with van der Waals surface area (Å²) < 4.78 is 25.8. The second-order valence-electron chi connectivity index (χ2n) is 7.15. The van der Waals surface area contributed by atoms with Crippen molar-refractivity contribution in [2.45, 2.75) is 32.1 Å². The number of guanidine groups is 1. The number of nitrogens with zero attached hydrogens (tertiary/aromatic N) is 3. The molecule has 0 spiro atoms. The van der Waals surface area contributed by atoms with Crippen LogP contribution in [0.1, 0.15) is 25.5 Å². The van der Waals surface area contributed by atoms with E-state index in [-0.39, 0.29) is 24.1 Å². The molecule has 3 unspecified atom stereocenters. The van der Waals surface area contributed by atoms with Gasteiger partial charge in [0.25, 0.3) is 0 Å². The average Bonchev–Trinajstić information content (AvgIpc) is 2.64. The molecule has 3 atom stereocenters.